The Morgan fingerprint density at radius 2 is 1.85 bits per heavy atom. The number of rotatable bonds is 7. The standard InChI is InChI=1S/C8H16O5/c1-11-6(4-9)8(13-3)7(5-10)12-2/h4,6-8,10H,5H2,1-3H3/t6-,7+,8+/m1/s1. The molecule has 78 valence electrons. The highest BCUT2D eigenvalue weighted by molar-refractivity contribution is 5.57. The van der Waals surface area contributed by atoms with Crippen molar-refractivity contribution in [3.05, 3.63) is 0 Å². The van der Waals surface area contributed by atoms with Gasteiger partial charge in [-0.2, -0.15) is 0 Å². The number of carbonyl (C=O) groups excluding carboxylic acids is 1. The van der Waals surface area contributed by atoms with Gasteiger partial charge < -0.3 is 24.1 Å². The number of hydrogen-bond acceptors (Lipinski definition) is 5. The largest absolute Gasteiger partial charge is 0.394 e. The second kappa shape index (κ2) is 6.97. The van der Waals surface area contributed by atoms with E-state index in [-0.39, 0.29) is 6.61 Å². The lowest BCUT2D eigenvalue weighted by Gasteiger charge is -2.26. The molecule has 0 heterocycles. The van der Waals surface area contributed by atoms with Crippen LogP contribution in [0.5, 0.6) is 0 Å². The third kappa shape index (κ3) is 3.40. The van der Waals surface area contributed by atoms with Crippen LogP contribution in [-0.4, -0.2) is 57.6 Å². The summed E-state index contributed by atoms with van der Waals surface area (Å²) in [6.45, 7) is -0.220. The van der Waals surface area contributed by atoms with Crippen molar-refractivity contribution in [3.63, 3.8) is 0 Å². The molecule has 0 saturated carbocycles. The van der Waals surface area contributed by atoms with Crippen molar-refractivity contribution in [2.45, 2.75) is 18.3 Å². The first-order chi connectivity index (χ1) is 6.24. The number of carbonyl (C=O) groups is 1. The third-order valence-electron chi connectivity index (χ3n) is 1.85. The van der Waals surface area contributed by atoms with Gasteiger partial charge in [-0.05, 0) is 0 Å². The second-order valence-corrected chi connectivity index (χ2v) is 2.49. The van der Waals surface area contributed by atoms with E-state index >= 15 is 0 Å². The van der Waals surface area contributed by atoms with E-state index in [4.69, 9.17) is 19.3 Å². The third-order valence-corrected chi connectivity index (χ3v) is 1.85. The summed E-state index contributed by atoms with van der Waals surface area (Å²) in [5.74, 6) is 0. The van der Waals surface area contributed by atoms with Crippen molar-refractivity contribution in [1.82, 2.24) is 0 Å². The lowest BCUT2D eigenvalue weighted by atomic mass is 10.1. The number of ether oxygens (including phenoxy) is 3. The molecule has 0 aromatic heterocycles. The molecule has 0 aliphatic carbocycles. The summed E-state index contributed by atoms with van der Waals surface area (Å²) in [5, 5.41) is 8.89. The average molecular weight is 192 g/mol. The van der Waals surface area contributed by atoms with E-state index in [0.29, 0.717) is 6.29 Å². The predicted molar refractivity (Wildman–Crippen MR) is 45.5 cm³/mol. The van der Waals surface area contributed by atoms with Crippen LogP contribution in [0.25, 0.3) is 0 Å². The molecule has 0 bridgehead atoms. The van der Waals surface area contributed by atoms with Crippen LogP contribution in [0.4, 0.5) is 0 Å². The van der Waals surface area contributed by atoms with Gasteiger partial charge in [-0.15, -0.1) is 0 Å². The minimum atomic E-state index is -0.720. The number of aldehydes is 1. The predicted octanol–water partition coefficient (Wildman–Crippen LogP) is -0.777. The highest BCUT2D eigenvalue weighted by Crippen LogP contribution is 2.08. The van der Waals surface area contributed by atoms with Gasteiger partial charge >= 0.3 is 0 Å². The first-order valence-corrected chi connectivity index (χ1v) is 3.89. The Kier molecular flexibility index (Phi) is 6.70. The lowest BCUT2D eigenvalue weighted by Crippen LogP contribution is -2.44. The fourth-order valence-corrected chi connectivity index (χ4v) is 1.08. The van der Waals surface area contributed by atoms with Crippen molar-refractivity contribution in [2.75, 3.05) is 27.9 Å². The van der Waals surface area contributed by atoms with Gasteiger partial charge in [0, 0.05) is 21.3 Å². The molecule has 0 spiro atoms. The van der Waals surface area contributed by atoms with Crippen molar-refractivity contribution in [3.8, 4) is 0 Å². The second-order valence-electron chi connectivity index (χ2n) is 2.49. The normalized spacial score (nSPS) is 17.8. The number of aliphatic hydroxyl groups is 1. The highest BCUT2D eigenvalue weighted by Gasteiger charge is 2.29. The Balaban J connectivity index is 4.34. The molecule has 1 N–H and O–H groups in total. The molecule has 0 fully saturated rings. The van der Waals surface area contributed by atoms with Gasteiger partial charge in [0.05, 0.1) is 6.61 Å². The maximum absolute atomic E-state index is 10.5. The molecule has 0 radical (unpaired) electrons. The zero-order valence-electron chi connectivity index (χ0n) is 8.10. The summed E-state index contributed by atoms with van der Waals surface area (Å²) < 4.78 is 14.8. The SMILES string of the molecule is CO[C@H]([C@H](CO)OC)[C@@H](C=O)OC. The first kappa shape index (κ1) is 12.5. The molecule has 0 amide bonds. The van der Waals surface area contributed by atoms with Crippen molar-refractivity contribution in [1.29, 1.82) is 0 Å². The zero-order valence-corrected chi connectivity index (χ0v) is 8.10. The van der Waals surface area contributed by atoms with Gasteiger partial charge in [-0.3, -0.25) is 0 Å². The highest BCUT2D eigenvalue weighted by atomic mass is 16.6. The van der Waals surface area contributed by atoms with Gasteiger partial charge in [0.25, 0.3) is 0 Å². The Morgan fingerprint density at radius 3 is 2.08 bits per heavy atom. The van der Waals surface area contributed by atoms with Gasteiger partial charge in [0.15, 0.2) is 6.29 Å². The van der Waals surface area contributed by atoms with Crippen LogP contribution in [0.15, 0.2) is 0 Å². The molecule has 5 nitrogen and oxygen atoms in total. The summed E-state index contributed by atoms with van der Waals surface area (Å²) in [5.41, 5.74) is 0. The molecule has 0 aromatic rings. The smallest absolute Gasteiger partial charge is 0.151 e. The summed E-state index contributed by atoms with van der Waals surface area (Å²) in [4.78, 5) is 10.5. The summed E-state index contributed by atoms with van der Waals surface area (Å²) >= 11 is 0. The van der Waals surface area contributed by atoms with Gasteiger partial charge in [-0.25, -0.2) is 0 Å². The van der Waals surface area contributed by atoms with Crippen LogP contribution in [0.2, 0.25) is 0 Å². The van der Waals surface area contributed by atoms with E-state index in [1.165, 1.54) is 21.3 Å². The molecular weight excluding hydrogens is 176 g/mol. The Hall–Kier alpha value is -0.490. The zero-order chi connectivity index (χ0) is 10.3. The molecule has 3 atom stereocenters. The topological polar surface area (TPSA) is 65.0 Å². The first-order valence-electron chi connectivity index (χ1n) is 3.89. The molecule has 5 heteroatoms. The van der Waals surface area contributed by atoms with E-state index in [9.17, 15) is 4.79 Å². The molecule has 0 rings (SSSR count). The van der Waals surface area contributed by atoms with Crippen LogP contribution in [0.3, 0.4) is 0 Å². The average Bonchev–Trinajstić information content (AvgIpc) is 2.18. The number of aliphatic hydroxyl groups excluding tert-OH is 1. The minimum Gasteiger partial charge on any atom is -0.394 e. The van der Waals surface area contributed by atoms with Crippen molar-refractivity contribution in [2.24, 2.45) is 0 Å². The van der Waals surface area contributed by atoms with Gasteiger partial charge in [0.2, 0.25) is 0 Å². The molecule has 0 aromatic carbocycles. The van der Waals surface area contributed by atoms with Gasteiger partial charge in [0.1, 0.15) is 18.3 Å². The monoisotopic (exact) mass is 192 g/mol. The molecular formula is C8H16O5. The van der Waals surface area contributed by atoms with Crippen LogP contribution in [0, 0.1) is 0 Å². The van der Waals surface area contributed by atoms with Gasteiger partial charge in [-0.1, -0.05) is 0 Å². The Labute approximate surface area is 77.6 Å². The maximum atomic E-state index is 10.5. The Bertz CT molecular complexity index is 134. The van der Waals surface area contributed by atoms with Crippen molar-refractivity contribution >= 4 is 6.29 Å². The summed E-state index contributed by atoms with van der Waals surface area (Å²) in [6, 6.07) is 0. The molecule has 0 unspecified atom stereocenters. The van der Waals surface area contributed by atoms with Crippen LogP contribution < -0.4 is 0 Å². The van der Waals surface area contributed by atoms with E-state index in [0.717, 1.165) is 0 Å². The van der Waals surface area contributed by atoms with Crippen molar-refractivity contribution < 1.29 is 24.1 Å². The summed E-state index contributed by atoms with van der Waals surface area (Å²) in [7, 11) is 4.27. The fourth-order valence-electron chi connectivity index (χ4n) is 1.08. The molecule has 0 aliphatic rings. The molecule has 13 heavy (non-hydrogen) atoms. The minimum absolute atomic E-state index is 0.220. The van der Waals surface area contributed by atoms with Crippen LogP contribution in [-0.2, 0) is 19.0 Å². The number of hydrogen-bond donors (Lipinski definition) is 1. The number of methoxy groups -OCH3 is 3. The lowest BCUT2D eigenvalue weighted by molar-refractivity contribution is -0.140. The van der Waals surface area contributed by atoms with E-state index in [2.05, 4.69) is 0 Å². The summed E-state index contributed by atoms with van der Waals surface area (Å²) in [6.07, 6.45) is -1.24. The molecule has 0 saturated heterocycles. The van der Waals surface area contributed by atoms with E-state index in [1.807, 2.05) is 0 Å². The van der Waals surface area contributed by atoms with E-state index in [1.54, 1.807) is 0 Å². The molecule has 0 aliphatic heterocycles. The van der Waals surface area contributed by atoms with E-state index < -0.39 is 18.3 Å². The van der Waals surface area contributed by atoms with Crippen LogP contribution >= 0.6 is 0 Å². The Morgan fingerprint density at radius 1 is 1.23 bits per heavy atom. The van der Waals surface area contributed by atoms with Crippen LogP contribution in [0.1, 0.15) is 0 Å². The fraction of sp³-hybridized carbons (Fsp3) is 0.875. The quantitative estimate of drug-likeness (QED) is 0.536. The maximum Gasteiger partial charge on any atom is 0.151 e.